The van der Waals surface area contributed by atoms with Crippen molar-refractivity contribution < 1.29 is 32.2 Å². The summed E-state index contributed by atoms with van der Waals surface area (Å²) < 4.78 is 45.5. The van der Waals surface area contributed by atoms with Gasteiger partial charge in [0.15, 0.2) is 11.5 Å². The summed E-state index contributed by atoms with van der Waals surface area (Å²) in [5, 5.41) is 3.34. The van der Waals surface area contributed by atoms with Crippen LogP contribution in [-0.4, -0.2) is 65.1 Å². The Hall–Kier alpha value is -3.96. The molecule has 0 radical (unpaired) electrons. The maximum atomic E-state index is 14.2. The third kappa shape index (κ3) is 8.79. The number of nitrogens with one attached hydrogen (secondary N) is 1. The van der Waals surface area contributed by atoms with Crippen LogP contribution in [0.4, 0.5) is 5.69 Å². The van der Waals surface area contributed by atoms with Crippen molar-refractivity contribution in [3.8, 4) is 17.2 Å². The van der Waals surface area contributed by atoms with E-state index in [1.807, 2.05) is 20.8 Å². The number of halogens is 1. The molecule has 0 aliphatic heterocycles. The second-order valence-electron chi connectivity index (χ2n) is 10.4. The van der Waals surface area contributed by atoms with E-state index in [0.29, 0.717) is 35.2 Å². The van der Waals surface area contributed by atoms with Crippen LogP contribution >= 0.6 is 11.6 Å². The molecule has 0 saturated heterocycles. The standard InChI is InChI=1S/C32H40ClN3O7S/c1-7-43-27-13-11-26(12-14-27)36(44(39,40)28-15-16-29(41-5)30(18-28)42-6)21-31(37)35(20-24-9-8-10-25(33)17-24)23(4)32(38)34-19-22(2)3/h8-18,22-23H,7,19-21H2,1-6H3,(H,34,38). The lowest BCUT2D eigenvalue weighted by atomic mass is 10.1. The fourth-order valence-electron chi connectivity index (χ4n) is 4.38. The lowest BCUT2D eigenvalue weighted by molar-refractivity contribution is -0.139. The number of nitrogens with zero attached hydrogens (tertiary/aromatic N) is 2. The molecular weight excluding hydrogens is 606 g/mol. The van der Waals surface area contributed by atoms with Crippen molar-refractivity contribution in [2.75, 3.05) is 38.2 Å². The minimum atomic E-state index is -4.32. The van der Waals surface area contributed by atoms with Gasteiger partial charge in [-0.15, -0.1) is 0 Å². The average Bonchev–Trinajstić information content (AvgIpc) is 3.01. The van der Waals surface area contributed by atoms with Gasteiger partial charge in [0.05, 0.1) is 31.4 Å². The molecule has 1 atom stereocenters. The van der Waals surface area contributed by atoms with Gasteiger partial charge in [0.2, 0.25) is 11.8 Å². The summed E-state index contributed by atoms with van der Waals surface area (Å²) in [6.45, 7) is 7.68. The zero-order valence-corrected chi connectivity index (χ0v) is 27.4. The first kappa shape index (κ1) is 34.5. The molecule has 0 spiro atoms. The van der Waals surface area contributed by atoms with Gasteiger partial charge in [-0.1, -0.05) is 37.6 Å². The Bertz CT molecular complexity index is 1530. The Morgan fingerprint density at radius 1 is 0.932 bits per heavy atom. The lowest BCUT2D eigenvalue weighted by Crippen LogP contribution is -2.51. The molecule has 0 fully saturated rings. The third-order valence-electron chi connectivity index (χ3n) is 6.75. The van der Waals surface area contributed by atoms with Gasteiger partial charge in [-0.2, -0.15) is 0 Å². The van der Waals surface area contributed by atoms with Gasteiger partial charge in [0.25, 0.3) is 10.0 Å². The number of anilines is 1. The molecule has 3 aromatic carbocycles. The Kier molecular flexibility index (Phi) is 12.3. The molecule has 1 N–H and O–H groups in total. The summed E-state index contributed by atoms with van der Waals surface area (Å²) in [4.78, 5) is 28.5. The number of sulfonamides is 1. The van der Waals surface area contributed by atoms with Crippen molar-refractivity contribution in [1.29, 1.82) is 0 Å². The van der Waals surface area contributed by atoms with Crippen LogP contribution < -0.4 is 23.8 Å². The number of carbonyl (C=O) groups is 2. The predicted octanol–water partition coefficient (Wildman–Crippen LogP) is 5.14. The van der Waals surface area contributed by atoms with Crippen LogP contribution in [-0.2, 0) is 26.2 Å². The van der Waals surface area contributed by atoms with Crippen LogP contribution in [0.5, 0.6) is 17.2 Å². The molecule has 10 nitrogen and oxygen atoms in total. The van der Waals surface area contributed by atoms with Crippen LogP contribution in [0.3, 0.4) is 0 Å². The summed E-state index contributed by atoms with van der Waals surface area (Å²) in [6.07, 6.45) is 0. The first-order valence-corrected chi connectivity index (χ1v) is 16.0. The number of hydrogen-bond acceptors (Lipinski definition) is 7. The second kappa shape index (κ2) is 15.7. The zero-order chi connectivity index (χ0) is 32.4. The first-order chi connectivity index (χ1) is 20.9. The van der Waals surface area contributed by atoms with E-state index < -0.39 is 28.5 Å². The van der Waals surface area contributed by atoms with Crippen molar-refractivity contribution in [1.82, 2.24) is 10.2 Å². The number of benzene rings is 3. The van der Waals surface area contributed by atoms with Crippen molar-refractivity contribution in [2.24, 2.45) is 5.92 Å². The molecular formula is C32H40ClN3O7S. The molecule has 0 aliphatic rings. The molecule has 44 heavy (non-hydrogen) atoms. The molecule has 12 heteroatoms. The van der Waals surface area contributed by atoms with Crippen LogP contribution in [0.15, 0.2) is 71.6 Å². The van der Waals surface area contributed by atoms with E-state index in [4.69, 9.17) is 25.8 Å². The highest BCUT2D eigenvalue weighted by atomic mass is 35.5. The second-order valence-corrected chi connectivity index (χ2v) is 12.7. The van der Waals surface area contributed by atoms with E-state index in [1.54, 1.807) is 55.5 Å². The van der Waals surface area contributed by atoms with E-state index in [1.165, 1.54) is 37.3 Å². The van der Waals surface area contributed by atoms with E-state index >= 15 is 0 Å². The molecule has 0 saturated carbocycles. The minimum absolute atomic E-state index is 0.0309. The van der Waals surface area contributed by atoms with Crippen molar-refractivity contribution in [2.45, 2.75) is 45.2 Å². The number of amides is 2. The van der Waals surface area contributed by atoms with Crippen molar-refractivity contribution in [3.05, 3.63) is 77.3 Å². The highest BCUT2D eigenvalue weighted by Gasteiger charge is 2.33. The number of methoxy groups -OCH3 is 2. The highest BCUT2D eigenvalue weighted by Crippen LogP contribution is 2.33. The fourth-order valence-corrected chi connectivity index (χ4v) is 6.02. The maximum Gasteiger partial charge on any atom is 0.264 e. The molecule has 3 rings (SSSR count). The minimum Gasteiger partial charge on any atom is -0.494 e. The average molecular weight is 646 g/mol. The smallest absolute Gasteiger partial charge is 0.264 e. The summed E-state index contributed by atoms with van der Waals surface area (Å²) in [5.74, 6) is 0.363. The third-order valence-corrected chi connectivity index (χ3v) is 8.76. The maximum absolute atomic E-state index is 14.2. The van der Waals surface area contributed by atoms with Gasteiger partial charge >= 0.3 is 0 Å². The highest BCUT2D eigenvalue weighted by molar-refractivity contribution is 7.92. The fraction of sp³-hybridized carbons (Fsp3) is 0.375. The number of ether oxygens (including phenoxy) is 3. The molecule has 0 heterocycles. The van der Waals surface area contributed by atoms with Gasteiger partial charge in [0.1, 0.15) is 18.3 Å². The Morgan fingerprint density at radius 3 is 2.20 bits per heavy atom. The van der Waals surface area contributed by atoms with Gasteiger partial charge < -0.3 is 24.4 Å². The van der Waals surface area contributed by atoms with Crippen LogP contribution in [0, 0.1) is 5.92 Å². The lowest BCUT2D eigenvalue weighted by Gasteiger charge is -2.32. The van der Waals surface area contributed by atoms with Crippen molar-refractivity contribution in [3.63, 3.8) is 0 Å². The molecule has 3 aromatic rings. The summed E-state index contributed by atoms with van der Waals surface area (Å²) in [6, 6.07) is 16.6. The van der Waals surface area contributed by atoms with E-state index in [-0.39, 0.29) is 34.7 Å². The molecule has 0 aromatic heterocycles. The molecule has 238 valence electrons. The monoisotopic (exact) mass is 645 g/mol. The Morgan fingerprint density at radius 2 is 1.61 bits per heavy atom. The van der Waals surface area contributed by atoms with E-state index in [2.05, 4.69) is 5.32 Å². The number of carbonyl (C=O) groups excluding carboxylic acids is 2. The number of rotatable bonds is 15. The Labute approximate surface area is 264 Å². The quantitative estimate of drug-likeness (QED) is 0.243. The van der Waals surface area contributed by atoms with E-state index in [0.717, 1.165) is 4.31 Å². The summed E-state index contributed by atoms with van der Waals surface area (Å²) in [5.41, 5.74) is 0.918. The van der Waals surface area contributed by atoms with Crippen LogP contribution in [0.25, 0.3) is 0 Å². The molecule has 0 bridgehead atoms. The first-order valence-electron chi connectivity index (χ1n) is 14.2. The summed E-state index contributed by atoms with van der Waals surface area (Å²) in [7, 11) is -1.47. The van der Waals surface area contributed by atoms with E-state index in [9.17, 15) is 18.0 Å². The normalized spacial score (nSPS) is 11.9. The van der Waals surface area contributed by atoms with Crippen LogP contribution in [0.1, 0.15) is 33.3 Å². The predicted molar refractivity (Wildman–Crippen MR) is 171 cm³/mol. The molecule has 1 unspecified atom stereocenters. The topological polar surface area (TPSA) is 114 Å². The van der Waals surface area contributed by atoms with Gasteiger partial charge in [-0.25, -0.2) is 8.42 Å². The summed E-state index contributed by atoms with van der Waals surface area (Å²) >= 11 is 6.21. The molecule has 2 amide bonds. The van der Waals surface area contributed by atoms with Gasteiger partial charge in [0, 0.05) is 24.2 Å². The van der Waals surface area contributed by atoms with Gasteiger partial charge in [-0.05, 0) is 73.9 Å². The van der Waals surface area contributed by atoms with Crippen molar-refractivity contribution >= 4 is 39.1 Å². The number of hydrogen-bond donors (Lipinski definition) is 1. The van der Waals surface area contributed by atoms with Gasteiger partial charge in [-0.3, -0.25) is 13.9 Å². The zero-order valence-electron chi connectivity index (χ0n) is 25.9. The SMILES string of the molecule is CCOc1ccc(N(CC(=O)N(Cc2cccc(Cl)c2)C(C)C(=O)NCC(C)C)S(=O)(=O)c2ccc(OC)c(OC)c2)cc1. The van der Waals surface area contributed by atoms with Crippen LogP contribution in [0.2, 0.25) is 5.02 Å². The molecule has 0 aliphatic carbocycles. The Balaban J connectivity index is 2.07. The largest absolute Gasteiger partial charge is 0.494 e.